The first-order valence-electron chi connectivity index (χ1n) is 9.53. The summed E-state index contributed by atoms with van der Waals surface area (Å²) in [7, 11) is 0. The van der Waals surface area contributed by atoms with E-state index in [4.69, 9.17) is 4.98 Å². The fourth-order valence-corrected chi connectivity index (χ4v) is 4.33. The van der Waals surface area contributed by atoms with Crippen LogP contribution in [0.5, 0.6) is 0 Å². The molecule has 0 spiro atoms. The molecule has 1 atom stereocenters. The molecule has 4 rings (SSSR count). The number of anilines is 2. The molecule has 1 aliphatic rings. The van der Waals surface area contributed by atoms with Crippen molar-refractivity contribution in [3.05, 3.63) is 29.3 Å². The van der Waals surface area contributed by atoms with Crippen LogP contribution in [0.25, 0.3) is 11.0 Å². The summed E-state index contributed by atoms with van der Waals surface area (Å²) < 4.78 is 2.23. The van der Waals surface area contributed by atoms with Crippen molar-refractivity contribution in [2.45, 2.75) is 39.7 Å². The highest BCUT2D eigenvalue weighted by atomic mass is 32.1. The third-order valence-corrected chi connectivity index (χ3v) is 6.01. The molecule has 142 valence electrons. The Balaban J connectivity index is 1.52. The van der Waals surface area contributed by atoms with Crippen molar-refractivity contribution >= 4 is 39.4 Å². The molecule has 8 heteroatoms. The van der Waals surface area contributed by atoms with Gasteiger partial charge in [0, 0.05) is 19.6 Å². The molecule has 1 fully saturated rings. The number of hydrogen-bond acceptors (Lipinski definition) is 6. The lowest BCUT2D eigenvalue weighted by Gasteiger charge is -2.32. The minimum Gasteiger partial charge on any atom is -0.341 e. The van der Waals surface area contributed by atoms with Gasteiger partial charge in [-0.15, -0.1) is 10.2 Å². The molecule has 3 aromatic rings. The Bertz CT molecular complexity index is 949. The van der Waals surface area contributed by atoms with E-state index in [2.05, 4.69) is 38.0 Å². The summed E-state index contributed by atoms with van der Waals surface area (Å²) in [6.45, 7) is 6.62. The molecule has 0 radical (unpaired) electrons. The van der Waals surface area contributed by atoms with Gasteiger partial charge in [-0.3, -0.25) is 4.79 Å². The number of aryl methyl sites for hydroxylation is 2. The van der Waals surface area contributed by atoms with Crippen LogP contribution in [-0.2, 0) is 17.8 Å². The zero-order valence-electron chi connectivity index (χ0n) is 15.7. The molecule has 1 aliphatic heterocycles. The Morgan fingerprint density at radius 2 is 2.15 bits per heavy atom. The van der Waals surface area contributed by atoms with Gasteiger partial charge in [0.25, 0.3) is 0 Å². The van der Waals surface area contributed by atoms with E-state index in [1.807, 2.05) is 25.1 Å². The van der Waals surface area contributed by atoms with E-state index in [9.17, 15) is 4.79 Å². The summed E-state index contributed by atoms with van der Waals surface area (Å²) in [6, 6.07) is 8.20. The fourth-order valence-electron chi connectivity index (χ4n) is 3.64. The number of rotatable bonds is 5. The van der Waals surface area contributed by atoms with Crippen molar-refractivity contribution in [1.82, 2.24) is 19.7 Å². The van der Waals surface area contributed by atoms with E-state index < -0.39 is 0 Å². The number of piperidine rings is 1. The molecule has 1 aromatic carbocycles. The molecule has 1 N–H and O–H groups in total. The molecule has 0 saturated carbocycles. The Morgan fingerprint density at radius 1 is 1.30 bits per heavy atom. The number of fused-ring (bicyclic) bond motifs is 1. The molecular weight excluding hydrogens is 360 g/mol. The molecule has 0 unspecified atom stereocenters. The highest BCUT2D eigenvalue weighted by Crippen LogP contribution is 2.27. The summed E-state index contributed by atoms with van der Waals surface area (Å²) in [5, 5.41) is 12.6. The van der Waals surface area contributed by atoms with Gasteiger partial charge in [0.2, 0.25) is 17.0 Å². The Labute approximate surface area is 162 Å². The normalized spacial score (nSPS) is 17.4. The zero-order chi connectivity index (χ0) is 18.8. The van der Waals surface area contributed by atoms with Gasteiger partial charge in [-0.2, -0.15) is 0 Å². The maximum absolute atomic E-state index is 12.7. The summed E-state index contributed by atoms with van der Waals surface area (Å²) in [6.07, 6.45) is 2.69. The van der Waals surface area contributed by atoms with Gasteiger partial charge in [-0.1, -0.05) is 30.4 Å². The van der Waals surface area contributed by atoms with Crippen molar-refractivity contribution in [1.29, 1.82) is 0 Å². The molecule has 1 amide bonds. The minimum atomic E-state index is -0.0714. The zero-order valence-corrected chi connectivity index (χ0v) is 16.5. The number of benzene rings is 1. The van der Waals surface area contributed by atoms with Crippen LogP contribution in [0.1, 0.15) is 31.7 Å². The number of imidazole rings is 1. The number of carbonyl (C=O) groups excluding carboxylic acids is 1. The largest absolute Gasteiger partial charge is 0.341 e. The van der Waals surface area contributed by atoms with E-state index in [1.165, 1.54) is 11.3 Å². The molecule has 0 bridgehead atoms. The van der Waals surface area contributed by atoms with Crippen LogP contribution in [-0.4, -0.2) is 38.7 Å². The average Bonchev–Trinajstić information content (AvgIpc) is 3.31. The maximum Gasteiger partial charge on any atom is 0.231 e. The number of aromatic nitrogens is 4. The molecule has 1 saturated heterocycles. The number of hydrogen-bond donors (Lipinski definition) is 1. The fraction of sp³-hybridized carbons (Fsp3) is 0.474. The van der Waals surface area contributed by atoms with Crippen LogP contribution >= 0.6 is 11.3 Å². The molecular formula is C19H24N6OS. The monoisotopic (exact) mass is 384 g/mol. The van der Waals surface area contributed by atoms with E-state index in [0.29, 0.717) is 11.7 Å². The molecule has 0 aliphatic carbocycles. The van der Waals surface area contributed by atoms with Crippen LogP contribution in [0.3, 0.4) is 0 Å². The van der Waals surface area contributed by atoms with Crippen LogP contribution in [0.15, 0.2) is 24.3 Å². The predicted molar refractivity (Wildman–Crippen MR) is 108 cm³/mol. The second kappa shape index (κ2) is 7.64. The summed E-state index contributed by atoms with van der Waals surface area (Å²) in [4.78, 5) is 19.8. The van der Waals surface area contributed by atoms with Crippen LogP contribution in [0.4, 0.5) is 11.1 Å². The summed E-state index contributed by atoms with van der Waals surface area (Å²) in [5.74, 6) is 0.913. The van der Waals surface area contributed by atoms with Gasteiger partial charge < -0.3 is 14.8 Å². The average molecular weight is 385 g/mol. The molecule has 7 nitrogen and oxygen atoms in total. The standard InChI is InChI=1S/C19H24N6OS/c1-3-16-22-23-18(27-16)21-17(26)13-8-7-11-24(12-13)19-20-14-9-5-6-10-15(14)25(19)4-2/h5-6,9-10,13H,3-4,7-8,11-12H2,1-2H3,(H,21,23,26)/t13-/m1/s1. The van der Waals surface area contributed by atoms with Gasteiger partial charge >= 0.3 is 0 Å². The third-order valence-electron chi connectivity index (χ3n) is 5.03. The number of amides is 1. The number of para-hydroxylation sites is 2. The first kappa shape index (κ1) is 17.9. The van der Waals surface area contributed by atoms with Crippen LogP contribution in [0, 0.1) is 5.92 Å². The summed E-state index contributed by atoms with van der Waals surface area (Å²) >= 11 is 1.45. The van der Waals surface area contributed by atoms with Gasteiger partial charge in [0.15, 0.2) is 0 Å². The first-order chi connectivity index (χ1) is 13.2. The highest BCUT2D eigenvalue weighted by molar-refractivity contribution is 7.15. The van der Waals surface area contributed by atoms with Crippen molar-refractivity contribution < 1.29 is 4.79 Å². The molecule has 27 heavy (non-hydrogen) atoms. The van der Waals surface area contributed by atoms with Crippen molar-refractivity contribution in [2.75, 3.05) is 23.3 Å². The van der Waals surface area contributed by atoms with Gasteiger partial charge in [-0.25, -0.2) is 4.98 Å². The minimum absolute atomic E-state index is 0.0256. The predicted octanol–water partition coefficient (Wildman–Crippen LogP) is 3.33. The second-order valence-corrected chi connectivity index (χ2v) is 7.84. The van der Waals surface area contributed by atoms with Gasteiger partial charge in [-0.05, 0) is 38.3 Å². The van der Waals surface area contributed by atoms with E-state index >= 15 is 0 Å². The van der Waals surface area contributed by atoms with Crippen molar-refractivity contribution in [3.63, 3.8) is 0 Å². The molecule has 3 heterocycles. The van der Waals surface area contributed by atoms with E-state index in [0.717, 1.165) is 54.3 Å². The van der Waals surface area contributed by atoms with Crippen LogP contribution < -0.4 is 10.2 Å². The SMILES string of the molecule is CCc1nnc(NC(=O)[C@@H]2CCCN(c3nc4ccccc4n3CC)C2)s1. The quantitative estimate of drug-likeness (QED) is 0.730. The third kappa shape index (κ3) is 3.53. The van der Waals surface area contributed by atoms with Gasteiger partial charge in [0.05, 0.1) is 17.0 Å². The summed E-state index contributed by atoms with van der Waals surface area (Å²) in [5.41, 5.74) is 2.14. The highest BCUT2D eigenvalue weighted by Gasteiger charge is 2.29. The topological polar surface area (TPSA) is 75.9 Å². The lowest BCUT2D eigenvalue weighted by Crippen LogP contribution is -2.41. The van der Waals surface area contributed by atoms with Crippen LogP contribution in [0.2, 0.25) is 0 Å². The second-order valence-electron chi connectivity index (χ2n) is 6.77. The molecule has 2 aromatic heterocycles. The number of nitrogens with zero attached hydrogens (tertiary/aromatic N) is 5. The number of carbonyl (C=O) groups is 1. The smallest absolute Gasteiger partial charge is 0.231 e. The van der Waals surface area contributed by atoms with Gasteiger partial charge in [0.1, 0.15) is 5.01 Å². The maximum atomic E-state index is 12.7. The number of nitrogens with one attached hydrogen (secondary N) is 1. The Morgan fingerprint density at radius 3 is 2.93 bits per heavy atom. The Kier molecular flexibility index (Phi) is 5.07. The van der Waals surface area contributed by atoms with Crippen molar-refractivity contribution in [2.24, 2.45) is 5.92 Å². The van der Waals surface area contributed by atoms with Crippen molar-refractivity contribution in [3.8, 4) is 0 Å². The first-order valence-corrected chi connectivity index (χ1v) is 10.3. The van der Waals surface area contributed by atoms with E-state index in [1.54, 1.807) is 0 Å². The van der Waals surface area contributed by atoms with E-state index in [-0.39, 0.29) is 11.8 Å². The Hall–Kier alpha value is -2.48. The lowest BCUT2D eigenvalue weighted by atomic mass is 9.97. The lowest BCUT2D eigenvalue weighted by molar-refractivity contribution is -0.120.